The van der Waals surface area contributed by atoms with Crippen molar-refractivity contribution in [1.82, 2.24) is 9.55 Å². The van der Waals surface area contributed by atoms with E-state index in [4.69, 9.17) is 0 Å². The van der Waals surface area contributed by atoms with Crippen molar-refractivity contribution in [2.45, 2.75) is 6.92 Å². The van der Waals surface area contributed by atoms with Crippen LogP contribution >= 0.6 is 0 Å². The number of carbonyl (C=O) groups excluding carboxylic acids is 1. The minimum Gasteiger partial charge on any atom is -0.298 e. The second kappa shape index (κ2) is 4.74. The highest BCUT2D eigenvalue weighted by Crippen LogP contribution is 2.16. The number of hydrogen-bond donors (Lipinski definition) is 0. The molecule has 4 heteroatoms. The minimum atomic E-state index is -0.144. The van der Waals surface area contributed by atoms with E-state index in [1.165, 1.54) is 12.3 Å². The molecule has 0 aliphatic heterocycles. The van der Waals surface area contributed by atoms with Crippen molar-refractivity contribution < 1.29 is 4.79 Å². The van der Waals surface area contributed by atoms with Gasteiger partial charge in [0.25, 0.3) is 5.56 Å². The summed E-state index contributed by atoms with van der Waals surface area (Å²) < 4.78 is 1.55. The fourth-order valence-corrected chi connectivity index (χ4v) is 2.18. The van der Waals surface area contributed by atoms with Gasteiger partial charge in [0, 0.05) is 17.8 Å². The number of hydrogen-bond acceptors (Lipinski definition) is 3. The van der Waals surface area contributed by atoms with Crippen LogP contribution < -0.4 is 5.56 Å². The number of carbonyl (C=O) groups is 1. The molecule has 3 rings (SSSR count). The Morgan fingerprint density at radius 1 is 1.10 bits per heavy atom. The van der Waals surface area contributed by atoms with E-state index in [2.05, 4.69) is 4.98 Å². The Bertz CT molecular complexity index is 848. The van der Waals surface area contributed by atoms with E-state index in [-0.39, 0.29) is 5.56 Å². The van der Waals surface area contributed by atoms with Gasteiger partial charge in [-0.2, -0.15) is 0 Å². The number of aldehydes is 1. The lowest BCUT2D eigenvalue weighted by atomic mass is 10.1. The summed E-state index contributed by atoms with van der Waals surface area (Å²) in [5.41, 5.74) is 2.22. The lowest BCUT2D eigenvalue weighted by Crippen LogP contribution is -2.18. The average Bonchev–Trinajstić information content (AvgIpc) is 2.47. The Hall–Kier alpha value is -2.75. The standard InChI is InChI=1S/C16H12N2O2/c1-11-2-4-13-5-7-16(20)18(14(13)8-11)15-6-3-12(10-19)9-17-15/h2-10H,1H3. The molecule has 0 atom stereocenters. The summed E-state index contributed by atoms with van der Waals surface area (Å²) in [6.07, 6.45) is 2.19. The van der Waals surface area contributed by atoms with Crippen molar-refractivity contribution >= 4 is 17.2 Å². The molecule has 0 N–H and O–H groups in total. The van der Waals surface area contributed by atoms with Gasteiger partial charge in [0.1, 0.15) is 5.82 Å². The molecular weight excluding hydrogens is 252 g/mol. The smallest absolute Gasteiger partial charge is 0.256 e. The molecule has 0 aliphatic carbocycles. The Labute approximate surface area is 115 Å². The molecule has 2 heterocycles. The van der Waals surface area contributed by atoms with E-state index >= 15 is 0 Å². The molecule has 3 aromatic rings. The molecule has 0 bridgehead atoms. The van der Waals surface area contributed by atoms with Crippen LogP contribution in [0.3, 0.4) is 0 Å². The van der Waals surface area contributed by atoms with Gasteiger partial charge < -0.3 is 0 Å². The quantitative estimate of drug-likeness (QED) is 0.668. The van der Waals surface area contributed by atoms with Crippen molar-refractivity contribution in [2.24, 2.45) is 0 Å². The van der Waals surface area contributed by atoms with Crippen LogP contribution in [0.1, 0.15) is 15.9 Å². The van der Waals surface area contributed by atoms with E-state index in [1.54, 1.807) is 22.8 Å². The Kier molecular flexibility index (Phi) is 2.91. The van der Waals surface area contributed by atoms with Crippen molar-refractivity contribution in [3.8, 4) is 5.82 Å². The summed E-state index contributed by atoms with van der Waals surface area (Å²) in [5.74, 6) is 0.511. The van der Waals surface area contributed by atoms with Crippen LogP contribution in [-0.2, 0) is 0 Å². The zero-order valence-corrected chi connectivity index (χ0v) is 10.9. The van der Waals surface area contributed by atoms with Crippen molar-refractivity contribution in [3.05, 3.63) is 70.1 Å². The van der Waals surface area contributed by atoms with Gasteiger partial charge in [-0.1, -0.05) is 12.1 Å². The molecule has 2 aromatic heterocycles. The first-order valence-electron chi connectivity index (χ1n) is 6.23. The van der Waals surface area contributed by atoms with Gasteiger partial charge >= 0.3 is 0 Å². The minimum absolute atomic E-state index is 0.144. The van der Waals surface area contributed by atoms with E-state index < -0.39 is 0 Å². The maximum absolute atomic E-state index is 12.2. The summed E-state index contributed by atoms with van der Waals surface area (Å²) in [4.78, 5) is 27.0. The molecule has 1 aromatic carbocycles. The first-order valence-corrected chi connectivity index (χ1v) is 6.23. The van der Waals surface area contributed by atoms with Gasteiger partial charge in [-0.25, -0.2) is 4.98 Å². The zero-order chi connectivity index (χ0) is 14.1. The highest BCUT2D eigenvalue weighted by Gasteiger charge is 2.06. The molecule has 0 saturated heterocycles. The van der Waals surface area contributed by atoms with Crippen LogP contribution in [0.15, 0.2) is 53.5 Å². The van der Waals surface area contributed by atoms with Crippen LogP contribution in [0.25, 0.3) is 16.7 Å². The van der Waals surface area contributed by atoms with Crippen LogP contribution in [0.4, 0.5) is 0 Å². The summed E-state index contributed by atoms with van der Waals surface area (Å²) in [6.45, 7) is 1.98. The van der Waals surface area contributed by atoms with Gasteiger partial charge in [0.05, 0.1) is 5.52 Å². The van der Waals surface area contributed by atoms with Crippen molar-refractivity contribution in [2.75, 3.05) is 0 Å². The van der Waals surface area contributed by atoms with Gasteiger partial charge in [0.2, 0.25) is 0 Å². The lowest BCUT2D eigenvalue weighted by molar-refractivity contribution is 0.112. The third-order valence-electron chi connectivity index (χ3n) is 3.19. The van der Waals surface area contributed by atoms with Gasteiger partial charge in [-0.15, -0.1) is 0 Å². The Balaban J connectivity index is 2.33. The van der Waals surface area contributed by atoms with Crippen molar-refractivity contribution in [1.29, 1.82) is 0 Å². The largest absolute Gasteiger partial charge is 0.298 e. The second-order valence-corrected chi connectivity index (χ2v) is 4.64. The first kappa shape index (κ1) is 12.3. The number of nitrogens with zero attached hydrogens (tertiary/aromatic N) is 2. The molecule has 20 heavy (non-hydrogen) atoms. The lowest BCUT2D eigenvalue weighted by Gasteiger charge is -2.09. The maximum Gasteiger partial charge on any atom is 0.256 e. The Morgan fingerprint density at radius 2 is 1.90 bits per heavy atom. The third-order valence-corrected chi connectivity index (χ3v) is 3.19. The molecule has 4 nitrogen and oxygen atoms in total. The number of aryl methyl sites for hydroxylation is 1. The molecule has 0 amide bonds. The molecule has 98 valence electrons. The zero-order valence-electron chi connectivity index (χ0n) is 10.9. The average molecular weight is 264 g/mol. The predicted octanol–water partition coefficient (Wildman–Crippen LogP) is 2.51. The second-order valence-electron chi connectivity index (χ2n) is 4.64. The third kappa shape index (κ3) is 2.01. The number of aromatic nitrogens is 2. The van der Waals surface area contributed by atoms with Crippen LogP contribution in [0.2, 0.25) is 0 Å². The summed E-state index contributed by atoms with van der Waals surface area (Å²) in [7, 11) is 0. The molecule has 0 radical (unpaired) electrons. The van der Waals surface area contributed by atoms with E-state index in [0.29, 0.717) is 11.4 Å². The monoisotopic (exact) mass is 264 g/mol. The van der Waals surface area contributed by atoms with E-state index in [1.807, 2.05) is 25.1 Å². The fourth-order valence-electron chi connectivity index (χ4n) is 2.18. The highest BCUT2D eigenvalue weighted by molar-refractivity contribution is 5.81. The Morgan fingerprint density at radius 3 is 2.60 bits per heavy atom. The SMILES string of the molecule is Cc1ccc2ccc(=O)n(-c3ccc(C=O)cn3)c2c1. The summed E-state index contributed by atoms with van der Waals surface area (Å²) >= 11 is 0. The summed E-state index contributed by atoms with van der Waals surface area (Å²) in [5, 5.41) is 0.969. The number of rotatable bonds is 2. The molecule has 0 unspecified atom stereocenters. The normalized spacial score (nSPS) is 10.7. The number of pyridine rings is 2. The summed E-state index contributed by atoms with van der Waals surface area (Å²) in [6, 6.07) is 12.6. The van der Waals surface area contributed by atoms with Crippen LogP contribution in [0, 0.1) is 6.92 Å². The maximum atomic E-state index is 12.2. The van der Waals surface area contributed by atoms with Gasteiger partial charge in [-0.3, -0.25) is 14.2 Å². The topological polar surface area (TPSA) is 52.0 Å². The van der Waals surface area contributed by atoms with Crippen molar-refractivity contribution in [3.63, 3.8) is 0 Å². The highest BCUT2D eigenvalue weighted by atomic mass is 16.1. The van der Waals surface area contributed by atoms with Gasteiger partial charge in [-0.05, 0) is 42.1 Å². The molecular formula is C16H12N2O2. The fraction of sp³-hybridized carbons (Fsp3) is 0.0625. The molecule has 0 saturated carbocycles. The number of fused-ring (bicyclic) bond motifs is 1. The van der Waals surface area contributed by atoms with Crippen LogP contribution in [-0.4, -0.2) is 15.8 Å². The van der Waals surface area contributed by atoms with Crippen LogP contribution in [0.5, 0.6) is 0 Å². The molecule has 0 fully saturated rings. The van der Waals surface area contributed by atoms with Gasteiger partial charge in [0.15, 0.2) is 6.29 Å². The van der Waals surface area contributed by atoms with E-state index in [9.17, 15) is 9.59 Å². The van der Waals surface area contributed by atoms with E-state index in [0.717, 1.165) is 22.8 Å². The first-order chi connectivity index (χ1) is 9.69. The predicted molar refractivity (Wildman–Crippen MR) is 77.5 cm³/mol. The molecule has 0 spiro atoms. The molecule has 0 aliphatic rings. The number of benzene rings is 1.